The van der Waals surface area contributed by atoms with Crippen LogP contribution in [0, 0.1) is 5.92 Å². The van der Waals surface area contributed by atoms with Gasteiger partial charge in [0.25, 0.3) is 0 Å². The molecule has 1 aromatic rings. The molecular weight excluding hydrogens is 242 g/mol. The van der Waals surface area contributed by atoms with Crippen molar-refractivity contribution in [3.05, 3.63) is 35.4 Å². The summed E-state index contributed by atoms with van der Waals surface area (Å²) in [5, 5.41) is 20.8. The van der Waals surface area contributed by atoms with Crippen molar-refractivity contribution in [2.45, 2.75) is 19.4 Å². The minimum Gasteiger partial charge on any atom is -0.409 e. The van der Waals surface area contributed by atoms with Gasteiger partial charge < -0.3 is 16.0 Å². The lowest BCUT2D eigenvalue weighted by atomic mass is 9.98. The summed E-state index contributed by atoms with van der Waals surface area (Å²) in [4.78, 5) is 2.36. The van der Waals surface area contributed by atoms with Crippen LogP contribution in [-0.2, 0) is 6.54 Å². The zero-order valence-corrected chi connectivity index (χ0v) is 11.0. The van der Waals surface area contributed by atoms with E-state index in [0.29, 0.717) is 5.92 Å². The third-order valence-corrected chi connectivity index (χ3v) is 3.62. The Hall–Kier alpha value is -1.59. The van der Waals surface area contributed by atoms with Gasteiger partial charge in [-0.3, -0.25) is 4.90 Å². The highest BCUT2D eigenvalue weighted by atomic mass is 16.4. The van der Waals surface area contributed by atoms with E-state index in [9.17, 15) is 5.11 Å². The average Bonchev–Trinajstić information content (AvgIpc) is 2.47. The Morgan fingerprint density at radius 1 is 1.37 bits per heavy atom. The van der Waals surface area contributed by atoms with Crippen LogP contribution >= 0.6 is 0 Å². The lowest BCUT2D eigenvalue weighted by molar-refractivity contribution is 0.116. The summed E-state index contributed by atoms with van der Waals surface area (Å²) < 4.78 is 0. The number of hydrogen-bond donors (Lipinski definition) is 3. The van der Waals surface area contributed by atoms with Crippen LogP contribution in [-0.4, -0.2) is 40.7 Å². The highest BCUT2D eigenvalue weighted by molar-refractivity contribution is 5.96. The number of aliphatic hydroxyl groups is 1. The maximum atomic E-state index is 9.22. The Balaban J connectivity index is 1.96. The molecule has 5 nitrogen and oxygen atoms in total. The lowest BCUT2D eigenvalue weighted by Crippen LogP contribution is -2.36. The molecular formula is C14H21N3O2. The molecule has 1 aliphatic rings. The number of amidine groups is 1. The molecule has 1 atom stereocenters. The molecule has 2 rings (SSSR count). The molecule has 0 saturated carbocycles. The number of likely N-dealkylation sites (tertiary alicyclic amines) is 1. The maximum Gasteiger partial charge on any atom is 0.170 e. The molecule has 0 amide bonds. The zero-order chi connectivity index (χ0) is 13.7. The largest absolute Gasteiger partial charge is 0.409 e. The summed E-state index contributed by atoms with van der Waals surface area (Å²) in [6, 6.07) is 7.71. The van der Waals surface area contributed by atoms with Crippen LogP contribution in [0.2, 0.25) is 0 Å². The molecule has 0 aliphatic carbocycles. The average molecular weight is 263 g/mol. The second kappa shape index (κ2) is 6.54. The first kappa shape index (κ1) is 13.8. The van der Waals surface area contributed by atoms with Crippen molar-refractivity contribution in [1.29, 1.82) is 0 Å². The number of hydrogen-bond acceptors (Lipinski definition) is 4. The zero-order valence-electron chi connectivity index (χ0n) is 11.0. The molecule has 104 valence electrons. The van der Waals surface area contributed by atoms with Crippen LogP contribution in [0.5, 0.6) is 0 Å². The standard InChI is InChI=1S/C14H21N3O2/c15-14(16-19)13-5-3-11(4-6-13)8-17-7-1-2-12(9-17)10-18/h3-6,12,18-19H,1-2,7-10H2,(H2,15,16). The van der Waals surface area contributed by atoms with Crippen LogP contribution in [0.25, 0.3) is 0 Å². The SMILES string of the molecule is N/C(=N\O)c1ccc(CN2CCCC(CO)C2)cc1. The van der Waals surface area contributed by atoms with Crippen LogP contribution in [0.4, 0.5) is 0 Å². The molecule has 1 saturated heterocycles. The van der Waals surface area contributed by atoms with Crippen molar-refractivity contribution >= 4 is 5.84 Å². The minimum atomic E-state index is 0.130. The molecule has 1 aliphatic heterocycles. The second-order valence-corrected chi connectivity index (χ2v) is 5.11. The maximum absolute atomic E-state index is 9.22. The first-order valence-electron chi connectivity index (χ1n) is 6.63. The fraction of sp³-hybridized carbons (Fsp3) is 0.500. The summed E-state index contributed by atoms with van der Waals surface area (Å²) >= 11 is 0. The Bertz CT molecular complexity index is 431. The summed E-state index contributed by atoms with van der Waals surface area (Å²) in [6.07, 6.45) is 2.27. The normalized spacial score (nSPS) is 21.5. The van der Waals surface area contributed by atoms with E-state index >= 15 is 0 Å². The first-order valence-corrected chi connectivity index (χ1v) is 6.63. The summed E-state index contributed by atoms with van der Waals surface area (Å²) in [7, 11) is 0. The van der Waals surface area contributed by atoms with Crippen molar-refractivity contribution in [2.75, 3.05) is 19.7 Å². The summed E-state index contributed by atoms with van der Waals surface area (Å²) in [6.45, 7) is 3.20. The van der Waals surface area contributed by atoms with Crippen LogP contribution in [0.1, 0.15) is 24.0 Å². The van der Waals surface area contributed by atoms with Gasteiger partial charge in [-0.1, -0.05) is 29.4 Å². The third-order valence-electron chi connectivity index (χ3n) is 3.62. The minimum absolute atomic E-state index is 0.130. The van der Waals surface area contributed by atoms with Crippen molar-refractivity contribution in [3.63, 3.8) is 0 Å². The molecule has 1 unspecified atom stereocenters. The Labute approximate surface area is 113 Å². The topological polar surface area (TPSA) is 82.1 Å². The van der Waals surface area contributed by atoms with Crippen LogP contribution in [0.15, 0.2) is 29.4 Å². The van der Waals surface area contributed by atoms with Crippen LogP contribution in [0.3, 0.4) is 0 Å². The van der Waals surface area contributed by atoms with Crippen LogP contribution < -0.4 is 5.73 Å². The van der Waals surface area contributed by atoms with E-state index < -0.39 is 0 Å². The van der Waals surface area contributed by atoms with Gasteiger partial charge in [-0.25, -0.2) is 0 Å². The van der Waals surface area contributed by atoms with E-state index in [0.717, 1.165) is 38.0 Å². The number of rotatable bonds is 4. The Kier molecular flexibility index (Phi) is 4.76. The molecule has 1 fully saturated rings. The fourth-order valence-electron chi connectivity index (χ4n) is 2.54. The van der Waals surface area contributed by atoms with Gasteiger partial charge in [-0.15, -0.1) is 0 Å². The van der Waals surface area contributed by atoms with Crippen molar-refractivity contribution in [3.8, 4) is 0 Å². The predicted octanol–water partition coefficient (Wildman–Crippen LogP) is 0.985. The van der Waals surface area contributed by atoms with Crippen molar-refractivity contribution in [1.82, 2.24) is 4.90 Å². The molecule has 19 heavy (non-hydrogen) atoms. The van der Waals surface area contributed by atoms with Gasteiger partial charge >= 0.3 is 0 Å². The number of piperidine rings is 1. The number of nitrogens with zero attached hydrogens (tertiary/aromatic N) is 2. The third kappa shape index (κ3) is 3.68. The van der Waals surface area contributed by atoms with Gasteiger partial charge in [0, 0.05) is 25.3 Å². The van der Waals surface area contributed by atoms with Crippen molar-refractivity contribution < 1.29 is 10.3 Å². The molecule has 0 aromatic heterocycles. The Morgan fingerprint density at radius 2 is 2.11 bits per heavy atom. The highest BCUT2D eigenvalue weighted by Crippen LogP contribution is 2.18. The van der Waals surface area contributed by atoms with Gasteiger partial charge in [0.05, 0.1) is 0 Å². The lowest BCUT2D eigenvalue weighted by Gasteiger charge is -2.31. The van der Waals surface area contributed by atoms with E-state index in [1.165, 1.54) is 5.56 Å². The molecule has 0 radical (unpaired) electrons. The quantitative estimate of drug-likeness (QED) is 0.327. The van der Waals surface area contributed by atoms with E-state index in [1.807, 2.05) is 24.3 Å². The van der Waals surface area contributed by atoms with Crippen molar-refractivity contribution in [2.24, 2.45) is 16.8 Å². The van der Waals surface area contributed by atoms with E-state index in [4.69, 9.17) is 10.9 Å². The Morgan fingerprint density at radius 3 is 2.74 bits per heavy atom. The number of oxime groups is 1. The smallest absolute Gasteiger partial charge is 0.170 e. The monoisotopic (exact) mass is 263 g/mol. The number of benzene rings is 1. The molecule has 1 aromatic carbocycles. The van der Waals surface area contributed by atoms with Gasteiger partial charge in [0.2, 0.25) is 0 Å². The second-order valence-electron chi connectivity index (χ2n) is 5.11. The molecule has 0 bridgehead atoms. The van der Waals surface area contributed by atoms with Gasteiger partial charge in [0.15, 0.2) is 5.84 Å². The molecule has 1 heterocycles. The first-order chi connectivity index (χ1) is 9.22. The molecule has 4 N–H and O–H groups in total. The molecule has 0 spiro atoms. The number of nitrogens with two attached hydrogens (primary N) is 1. The van der Waals surface area contributed by atoms with Gasteiger partial charge in [-0.05, 0) is 30.9 Å². The molecule has 5 heteroatoms. The van der Waals surface area contributed by atoms with Gasteiger partial charge in [-0.2, -0.15) is 0 Å². The predicted molar refractivity (Wildman–Crippen MR) is 74.0 cm³/mol. The summed E-state index contributed by atoms with van der Waals surface area (Å²) in [5.74, 6) is 0.537. The highest BCUT2D eigenvalue weighted by Gasteiger charge is 2.18. The van der Waals surface area contributed by atoms with Gasteiger partial charge in [0.1, 0.15) is 0 Å². The summed E-state index contributed by atoms with van der Waals surface area (Å²) in [5.41, 5.74) is 7.45. The van der Waals surface area contributed by atoms with E-state index in [2.05, 4.69) is 10.1 Å². The number of aliphatic hydroxyl groups excluding tert-OH is 1. The van der Waals surface area contributed by atoms with E-state index in [1.54, 1.807) is 0 Å². The fourth-order valence-corrected chi connectivity index (χ4v) is 2.54. The van der Waals surface area contributed by atoms with E-state index in [-0.39, 0.29) is 12.4 Å².